The topological polar surface area (TPSA) is 141 Å². The van der Waals surface area contributed by atoms with Crippen LogP contribution in [0.25, 0.3) is 0 Å². The number of imidazole rings is 2. The minimum Gasteiger partial charge on any atom is -0.493 e. The van der Waals surface area contributed by atoms with Gasteiger partial charge in [0.1, 0.15) is 13.2 Å². The summed E-state index contributed by atoms with van der Waals surface area (Å²) in [6, 6.07) is 12.9. The minimum atomic E-state index is -0.197. The molecule has 3 aromatic carbocycles. The number of aromatic nitrogens is 4. The lowest BCUT2D eigenvalue weighted by atomic mass is 10.0. The summed E-state index contributed by atoms with van der Waals surface area (Å²) in [4.78, 5) is 52.2. The number of carbonyl (C=O) groups excluding carboxylic acids is 2. The maximum absolute atomic E-state index is 13.9. The lowest BCUT2D eigenvalue weighted by Gasteiger charge is -2.32. The zero-order valence-electron chi connectivity index (χ0n) is 33.4. The van der Waals surface area contributed by atoms with Crippen LogP contribution in [0.1, 0.15) is 60.2 Å². The molecule has 298 valence electrons. The van der Waals surface area contributed by atoms with Crippen molar-refractivity contribution in [2.45, 2.75) is 57.8 Å². The van der Waals surface area contributed by atoms with Crippen LogP contribution in [-0.4, -0.2) is 98.4 Å². The van der Waals surface area contributed by atoms with Crippen molar-refractivity contribution in [2.75, 3.05) is 28.3 Å². The molecule has 0 N–H and O–H groups in total. The fourth-order valence-electron chi connectivity index (χ4n) is 8.27. The Hall–Kier alpha value is -6.48. The molecule has 4 aliphatic heterocycles. The van der Waals surface area contributed by atoms with Crippen molar-refractivity contribution < 1.29 is 28.5 Å². The number of amides is 2. The Balaban J connectivity index is 0.944. The van der Waals surface area contributed by atoms with Gasteiger partial charge in [0.05, 0.1) is 97.3 Å². The molecule has 0 fully saturated rings. The second-order valence-corrected chi connectivity index (χ2v) is 15.5. The Morgan fingerprint density at radius 3 is 1.52 bits per heavy atom. The van der Waals surface area contributed by atoms with Crippen LogP contribution < -0.4 is 18.9 Å². The number of aliphatic imine (C=N–C) groups is 2. The number of rotatable bonds is 10. The Labute approximate surface area is 336 Å². The van der Waals surface area contributed by atoms with Crippen LogP contribution in [0.4, 0.5) is 11.4 Å². The molecule has 6 heterocycles. The molecule has 15 heteroatoms. The molecule has 0 spiro atoms. The summed E-state index contributed by atoms with van der Waals surface area (Å²) < 4.78 is 28.3. The van der Waals surface area contributed by atoms with Crippen LogP contribution >= 0.6 is 0 Å². The van der Waals surface area contributed by atoms with Crippen molar-refractivity contribution in [1.82, 2.24) is 33.8 Å². The summed E-state index contributed by atoms with van der Waals surface area (Å²) in [6.07, 6.45) is 8.46. The van der Waals surface area contributed by atoms with E-state index in [0.29, 0.717) is 78.0 Å². The fourth-order valence-corrected chi connectivity index (χ4v) is 8.27. The third kappa shape index (κ3) is 6.74. The van der Waals surface area contributed by atoms with Crippen molar-refractivity contribution in [3.05, 3.63) is 106 Å². The molecule has 0 aliphatic carbocycles. The van der Waals surface area contributed by atoms with Gasteiger partial charge in [-0.15, -0.1) is 0 Å². The normalized spacial score (nSPS) is 17.8. The highest BCUT2D eigenvalue weighted by Gasteiger charge is 2.36. The van der Waals surface area contributed by atoms with Crippen LogP contribution in [0.3, 0.4) is 0 Å². The second-order valence-electron chi connectivity index (χ2n) is 15.5. The highest BCUT2D eigenvalue weighted by molar-refractivity contribution is 6.04. The van der Waals surface area contributed by atoms with E-state index in [1.165, 1.54) is 0 Å². The van der Waals surface area contributed by atoms with Gasteiger partial charge in [0.15, 0.2) is 23.0 Å². The van der Waals surface area contributed by atoms with Crippen molar-refractivity contribution in [2.24, 2.45) is 24.1 Å². The molecule has 0 bridgehead atoms. The maximum Gasteiger partial charge on any atom is 0.257 e. The number of ether oxygens (including phenoxy) is 4. The number of carbonyl (C=O) groups is 2. The van der Waals surface area contributed by atoms with Crippen molar-refractivity contribution in [1.29, 1.82) is 0 Å². The molecule has 9 rings (SSSR count). The number of fused-ring (bicyclic) bond motifs is 6. The van der Waals surface area contributed by atoms with Gasteiger partial charge in [0, 0.05) is 58.0 Å². The van der Waals surface area contributed by atoms with Gasteiger partial charge in [-0.05, 0) is 49.0 Å². The molecule has 0 saturated heterocycles. The van der Waals surface area contributed by atoms with Gasteiger partial charge in [-0.25, -0.2) is 9.97 Å². The molecule has 5 aromatic rings. The second kappa shape index (κ2) is 14.8. The molecule has 2 amide bonds. The molecule has 0 radical (unpaired) electrons. The van der Waals surface area contributed by atoms with Gasteiger partial charge in [-0.3, -0.25) is 19.6 Å². The maximum atomic E-state index is 13.9. The van der Waals surface area contributed by atoms with Gasteiger partial charge in [-0.1, -0.05) is 12.1 Å². The van der Waals surface area contributed by atoms with E-state index >= 15 is 0 Å². The number of methoxy groups -OCH3 is 2. The Kier molecular flexibility index (Phi) is 9.47. The van der Waals surface area contributed by atoms with E-state index in [-0.39, 0.29) is 37.1 Å². The van der Waals surface area contributed by atoms with Crippen LogP contribution in [0.15, 0.2) is 65.1 Å². The van der Waals surface area contributed by atoms with Gasteiger partial charge >= 0.3 is 0 Å². The van der Waals surface area contributed by atoms with Crippen LogP contribution in [0, 0.1) is 0 Å². The average molecular weight is 784 g/mol. The molecule has 58 heavy (non-hydrogen) atoms. The van der Waals surface area contributed by atoms with Crippen molar-refractivity contribution in [3.63, 3.8) is 0 Å². The summed E-state index contributed by atoms with van der Waals surface area (Å²) in [6.45, 7) is 2.07. The zero-order chi connectivity index (χ0) is 40.2. The molecule has 0 saturated carbocycles. The number of benzene rings is 3. The van der Waals surface area contributed by atoms with Gasteiger partial charge in [0.2, 0.25) is 0 Å². The molecule has 15 nitrogen and oxygen atoms in total. The summed E-state index contributed by atoms with van der Waals surface area (Å²) in [5.74, 6) is 1.63. The van der Waals surface area contributed by atoms with E-state index < -0.39 is 0 Å². The smallest absolute Gasteiger partial charge is 0.257 e. The van der Waals surface area contributed by atoms with Crippen LogP contribution in [-0.2, 0) is 59.8 Å². The number of aryl methyl sites for hydroxylation is 2. The van der Waals surface area contributed by atoms with E-state index in [1.54, 1.807) is 51.1 Å². The van der Waals surface area contributed by atoms with Crippen LogP contribution in [0.5, 0.6) is 23.0 Å². The largest absolute Gasteiger partial charge is 0.493 e. The third-order valence-corrected chi connectivity index (χ3v) is 11.3. The molecular formula is C43H45N9O6. The molecular weight excluding hydrogens is 739 g/mol. The van der Waals surface area contributed by atoms with Gasteiger partial charge in [0.25, 0.3) is 11.8 Å². The van der Waals surface area contributed by atoms with E-state index in [2.05, 4.69) is 27.0 Å². The highest BCUT2D eigenvalue weighted by Crippen LogP contribution is 2.40. The molecule has 0 unspecified atom stereocenters. The monoisotopic (exact) mass is 783 g/mol. The standard InChI is InChI=1S/C43H45N9O6/c1-48(2)18-25-7-26(21-57-40-14-32-30(12-38(40)55-5)42(53)51-19-36-34(46-23-49(36)3)10-28(51)16-44-32)9-27(8-25)22-58-41-15-33-31(13-39(41)56-6)43(54)52-20-37-35(47-24-50(37)4)11-29(52)17-45-33/h7-9,12-17,23-24,28-29H,10-11,18-22H2,1-6H3/t28-,29-/m0/s1. The molecule has 4 aliphatic rings. The van der Waals surface area contributed by atoms with E-state index in [4.69, 9.17) is 28.9 Å². The summed E-state index contributed by atoms with van der Waals surface area (Å²) in [5, 5.41) is 0. The average Bonchev–Trinajstić information content (AvgIpc) is 3.69. The van der Waals surface area contributed by atoms with E-state index in [9.17, 15) is 9.59 Å². The van der Waals surface area contributed by atoms with E-state index in [1.807, 2.05) is 65.6 Å². The Morgan fingerprint density at radius 1 is 0.638 bits per heavy atom. The third-order valence-electron chi connectivity index (χ3n) is 11.3. The predicted molar refractivity (Wildman–Crippen MR) is 216 cm³/mol. The quantitative estimate of drug-likeness (QED) is 0.192. The fraction of sp³-hybridized carbons (Fsp3) is 0.349. The minimum absolute atomic E-state index is 0.112. The van der Waals surface area contributed by atoms with Gasteiger partial charge < -0.3 is 42.8 Å². The summed E-state index contributed by atoms with van der Waals surface area (Å²) in [7, 11) is 11.1. The van der Waals surface area contributed by atoms with Crippen molar-refractivity contribution >= 4 is 35.6 Å². The number of hydrogen-bond donors (Lipinski definition) is 0. The lowest BCUT2D eigenvalue weighted by molar-refractivity contribution is 0.0690. The number of nitrogens with zero attached hydrogens (tertiary/aromatic N) is 9. The zero-order valence-corrected chi connectivity index (χ0v) is 33.4. The summed E-state index contributed by atoms with van der Waals surface area (Å²) in [5.41, 5.74) is 8.93. The summed E-state index contributed by atoms with van der Waals surface area (Å²) >= 11 is 0. The first-order valence-electron chi connectivity index (χ1n) is 19.2. The predicted octanol–water partition coefficient (Wildman–Crippen LogP) is 4.96. The number of hydrogen-bond acceptors (Lipinski definition) is 11. The first-order chi connectivity index (χ1) is 28.1. The molecule has 2 aromatic heterocycles. The highest BCUT2D eigenvalue weighted by atomic mass is 16.5. The van der Waals surface area contributed by atoms with Crippen molar-refractivity contribution in [3.8, 4) is 23.0 Å². The van der Waals surface area contributed by atoms with Gasteiger partial charge in [-0.2, -0.15) is 0 Å². The first kappa shape index (κ1) is 37.1. The lowest BCUT2D eigenvalue weighted by Crippen LogP contribution is -2.45. The Morgan fingerprint density at radius 2 is 1.09 bits per heavy atom. The first-order valence-corrected chi connectivity index (χ1v) is 19.2. The SMILES string of the molecule is COc1cc2c(cc1OCc1cc(COc3cc4c(cc3OC)C(=O)N3Cc5c(ncn5C)C[C@H]3C=N4)cc(CN(C)C)c1)N=C[C@@H]1Cc3ncn(C)c3CN1C2=O. The Bertz CT molecular complexity index is 2360. The molecule has 2 atom stereocenters. The van der Waals surface area contributed by atoms with Crippen LogP contribution in [0.2, 0.25) is 0 Å². The van der Waals surface area contributed by atoms with E-state index in [0.717, 1.165) is 39.5 Å².